The van der Waals surface area contributed by atoms with Gasteiger partial charge in [0.1, 0.15) is 17.5 Å². The van der Waals surface area contributed by atoms with Crippen LogP contribution in [0.2, 0.25) is 0 Å². The summed E-state index contributed by atoms with van der Waals surface area (Å²) in [4.78, 5) is 43.3. The summed E-state index contributed by atoms with van der Waals surface area (Å²) in [6, 6.07) is 13.2. The van der Waals surface area contributed by atoms with Crippen LogP contribution in [0.15, 0.2) is 65.8 Å². The minimum absolute atomic E-state index is 0.0120. The summed E-state index contributed by atoms with van der Waals surface area (Å²) < 4.78 is 8.64. The fraction of sp³-hybridized carbons (Fsp3) is 0.267. The molecule has 4 aromatic rings. The Labute approximate surface area is 226 Å². The maximum absolute atomic E-state index is 13.7. The summed E-state index contributed by atoms with van der Waals surface area (Å²) in [6.07, 6.45) is 5.36. The van der Waals surface area contributed by atoms with Gasteiger partial charge < -0.3 is 9.30 Å². The highest BCUT2D eigenvalue weighted by Crippen LogP contribution is 2.32. The molecule has 1 unspecified atom stereocenters. The minimum atomic E-state index is -0.875. The van der Waals surface area contributed by atoms with E-state index in [0.29, 0.717) is 45.8 Å². The standard InChI is InChI=1S/C30H29N5O4/c1-5-27(36)25-9-7-20(17-32-25)13-28(37)26(14-22-10-11-34(3)33-22)35-18-29(39-4)24(15-30(35)38)23-12-19(2)6-8-21(23)16-31/h6-12,15,17-18,26H,5,13-14H2,1-4H3. The van der Waals surface area contributed by atoms with Crippen LogP contribution in [0.3, 0.4) is 0 Å². The van der Waals surface area contributed by atoms with Crippen molar-refractivity contribution in [1.82, 2.24) is 19.3 Å². The lowest BCUT2D eigenvalue weighted by molar-refractivity contribution is -0.121. The summed E-state index contributed by atoms with van der Waals surface area (Å²) in [5.74, 6) is 0.0645. The normalized spacial score (nSPS) is 11.6. The van der Waals surface area contributed by atoms with Crippen LogP contribution in [0.4, 0.5) is 0 Å². The lowest BCUT2D eigenvalue weighted by atomic mass is 9.97. The molecule has 3 heterocycles. The van der Waals surface area contributed by atoms with E-state index in [4.69, 9.17) is 4.74 Å². The van der Waals surface area contributed by atoms with Crippen molar-refractivity contribution in [2.24, 2.45) is 7.05 Å². The fourth-order valence-electron chi connectivity index (χ4n) is 4.46. The Morgan fingerprint density at radius 1 is 1.13 bits per heavy atom. The van der Waals surface area contributed by atoms with Crippen LogP contribution in [0, 0.1) is 18.3 Å². The molecule has 0 aliphatic rings. The third-order valence-electron chi connectivity index (χ3n) is 6.54. The number of benzene rings is 1. The number of pyridine rings is 2. The quantitative estimate of drug-likeness (QED) is 0.288. The first-order valence-corrected chi connectivity index (χ1v) is 12.5. The van der Waals surface area contributed by atoms with Crippen molar-refractivity contribution in [1.29, 1.82) is 5.26 Å². The van der Waals surface area contributed by atoms with Crippen molar-refractivity contribution in [3.63, 3.8) is 0 Å². The van der Waals surface area contributed by atoms with E-state index in [-0.39, 0.29) is 24.4 Å². The maximum Gasteiger partial charge on any atom is 0.252 e. The number of Topliss-reactive ketones (excluding diaryl/α,β-unsaturated/α-hetero) is 2. The smallest absolute Gasteiger partial charge is 0.252 e. The topological polar surface area (TPSA) is 120 Å². The van der Waals surface area contributed by atoms with Crippen LogP contribution in [-0.2, 0) is 24.7 Å². The largest absolute Gasteiger partial charge is 0.495 e. The summed E-state index contributed by atoms with van der Waals surface area (Å²) in [7, 11) is 3.26. The van der Waals surface area contributed by atoms with E-state index in [9.17, 15) is 19.6 Å². The Balaban J connectivity index is 1.76. The van der Waals surface area contributed by atoms with Gasteiger partial charge in [0.05, 0.1) is 30.6 Å². The Kier molecular flexibility index (Phi) is 8.15. The molecule has 0 aliphatic heterocycles. The van der Waals surface area contributed by atoms with Crippen molar-refractivity contribution in [2.75, 3.05) is 7.11 Å². The second kappa shape index (κ2) is 11.7. The van der Waals surface area contributed by atoms with E-state index in [1.165, 1.54) is 30.1 Å². The molecule has 0 fully saturated rings. The number of hydrogen-bond acceptors (Lipinski definition) is 7. The minimum Gasteiger partial charge on any atom is -0.495 e. The van der Waals surface area contributed by atoms with Gasteiger partial charge in [0.25, 0.3) is 5.56 Å². The molecule has 0 bridgehead atoms. The number of hydrogen-bond donors (Lipinski definition) is 0. The van der Waals surface area contributed by atoms with Crippen LogP contribution < -0.4 is 10.3 Å². The van der Waals surface area contributed by atoms with Gasteiger partial charge in [-0.05, 0) is 36.8 Å². The molecule has 1 aromatic carbocycles. The first kappa shape index (κ1) is 27.2. The van der Waals surface area contributed by atoms with Gasteiger partial charge in [-0.25, -0.2) is 0 Å². The van der Waals surface area contributed by atoms with Gasteiger partial charge in [0, 0.05) is 55.9 Å². The molecule has 39 heavy (non-hydrogen) atoms. The summed E-state index contributed by atoms with van der Waals surface area (Å²) in [6.45, 7) is 3.67. The molecule has 0 saturated carbocycles. The first-order chi connectivity index (χ1) is 18.7. The Bertz CT molecular complexity index is 1630. The van der Waals surface area contributed by atoms with Crippen LogP contribution in [0.5, 0.6) is 5.75 Å². The average Bonchev–Trinajstić information content (AvgIpc) is 3.36. The molecule has 198 valence electrons. The third-order valence-corrected chi connectivity index (χ3v) is 6.54. The van der Waals surface area contributed by atoms with Gasteiger partial charge in [-0.3, -0.25) is 24.0 Å². The number of nitriles is 1. The van der Waals surface area contributed by atoms with Gasteiger partial charge in [0.2, 0.25) is 0 Å². The molecular formula is C30H29N5O4. The lowest BCUT2D eigenvalue weighted by Crippen LogP contribution is -2.32. The molecule has 0 saturated heterocycles. The van der Waals surface area contributed by atoms with Crippen molar-refractivity contribution in [3.05, 3.63) is 99.5 Å². The number of nitrogens with zero attached hydrogens (tertiary/aromatic N) is 5. The molecule has 0 radical (unpaired) electrons. The van der Waals surface area contributed by atoms with E-state index in [1.54, 1.807) is 49.1 Å². The van der Waals surface area contributed by atoms with E-state index in [0.717, 1.165) is 5.56 Å². The Hall–Kier alpha value is -4.84. The van der Waals surface area contributed by atoms with E-state index >= 15 is 0 Å². The number of ketones is 2. The van der Waals surface area contributed by atoms with Crippen molar-refractivity contribution >= 4 is 11.6 Å². The second-order valence-electron chi connectivity index (χ2n) is 9.33. The predicted molar refractivity (Wildman–Crippen MR) is 146 cm³/mol. The zero-order valence-corrected chi connectivity index (χ0v) is 22.3. The van der Waals surface area contributed by atoms with Gasteiger partial charge in [-0.1, -0.05) is 24.6 Å². The van der Waals surface area contributed by atoms with Gasteiger partial charge in [0.15, 0.2) is 11.6 Å². The molecule has 0 aliphatic carbocycles. The fourth-order valence-corrected chi connectivity index (χ4v) is 4.46. The van der Waals surface area contributed by atoms with Crippen LogP contribution in [0.25, 0.3) is 11.1 Å². The molecule has 0 amide bonds. The highest BCUT2D eigenvalue weighted by molar-refractivity contribution is 5.94. The van der Waals surface area contributed by atoms with E-state index < -0.39 is 11.6 Å². The van der Waals surface area contributed by atoms with Crippen LogP contribution >= 0.6 is 0 Å². The molecule has 4 rings (SSSR count). The number of rotatable bonds is 10. The van der Waals surface area contributed by atoms with Gasteiger partial charge in [-0.15, -0.1) is 0 Å². The zero-order valence-electron chi connectivity index (χ0n) is 22.3. The summed E-state index contributed by atoms with van der Waals surface area (Å²) in [5.41, 5.74) is 3.62. The molecule has 1 atom stereocenters. The van der Waals surface area contributed by atoms with E-state index in [2.05, 4.69) is 16.2 Å². The second-order valence-corrected chi connectivity index (χ2v) is 9.33. The molecule has 3 aromatic heterocycles. The summed E-state index contributed by atoms with van der Waals surface area (Å²) in [5, 5.41) is 14.0. The first-order valence-electron chi connectivity index (χ1n) is 12.5. The monoisotopic (exact) mass is 523 g/mol. The Morgan fingerprint density at radius 2 is 1.92 bits per heavy atom. The number of methoxy groups -OCH3 is 1. The third kappa shape index (κ3) is 6.02. The predicted octanol–water partition coefficient (Wildman–Crippen LogP) is 4.02. The molecular weight excluding hydrogens is 494 g/mol. The number of carbonyl (C=O) groups is 2. The number of aromatic nitrogens is 4. The number of carbonyl (C=O) groups excluding carboxylic acids is 2. The van der Waals surface area contributed by atoms with E-state index in [1.807, 2.05) is 19.1 Å². The highest BCUT2D eigenvalue weighted by atomic mass is 16.5. The zero-order chi connectivity index (χ0) is 28.1. The highest BCUT2D eigenvalue weighted by Gasteiger charge is 2.25. The van der Waals surface area contributed by atoms with Crippen molar-refractivity contribution < 1.29 is 14.3 Å². The molecule has 0 spiro atoms. The maximum atomic E-state index is 13.7. The number of aryl methyl sites for hydroxylation is 2. The molecule has 9 nitrogen and oxygen atoms in total. The Morgan fingerprint density at radius 3 is 2.54 bits per heavy atom. The van der Waals surface area contributed by atoms with Crippen LogP contribution in [-0.4, -0.2) is 38.0 Å². The summed E-state index contributed by atoms with van der Waals surface area (Å²) >= 11 is 0. The van der Waals surface area contributed by atoms with Gasteiger partial charge >= 0.3 is 0 Å². The number of ether oxygens (including phenoxy) is 1. The van der Waals surface area contributed by atoms with Gasteiger partial charge in [-0.2, -0.15) is 10.4 Å². The van der Waals surface area contributed by atoms with Crippen molar-refractivity contribution in [3.8, 4) is 22.9 Å². The average molecular weight is 524 g/mol. The SMILES string of the molecule is CCC(=O)c1ccc(CC(=O)C(Cc2ccn(C)n2)n2cc(OC)c(-c3cc(C)ccc3C#N)cc2=O)cn1. The molecule has 0 N–H and O–H groups in total. The van der Waals surface area contributed by atoms with Crippen molar-refractivity contribution in [2.45, 2.75) is 39.2 Å². The van der Waals surface area contributed by atoms with Crippen LogP contribution in [0.1, 0.15) is 52.3 Å². The molecule has 9 heteroatoms. The lowest BCUT2D eigenvalue weighted by Gasteiger charge is -2.21.